The van der Waals surface area contributed by atoms with E-state index in [4.69, 9.17) is 9.15 Å². The zero-order valence-electron chi connectivity index (χ0n) is 14.9. The Bertz CT molecular complexity index is 1070. The van der Waals surface area contributed by atoms with Crippen LogP contribution in [0.25, 0.3) is 11.3 Å². The number of ether oxygens (including phenoxy) is 1. The zero-order valence-corrected chi connectivity index (χ0v) is 15.7. The first-order chi connectivity index (χ1) is 13.6. The van der Waals surface area contributed by atoms with Gasteiger partial charge in [0.15, 0.2) is 5.16 Å². The number of nitrogens with zero attached hydrogens (tertiary/aromatic N) is 2. The van der Waals surface area contributed by atoms with Gasteiger partial charge in [-0.15, -0.1) is 0 Å². The molecule has 0 saturated heterocycles. The summed E-state index contributed by atoms with van der Waals surface area (Å²) in [7, 11) is 1.53. The van der Waals surface area contributed by atoms with Gasteiger partial charge in [-0.25, -0.2) is 4.98 Å². The second-order valence-electron chi connectivity index (χ2n) is 5.58. The summed E-state index contributed by atoms with van der Waals surface area (Å²) in [6.07, 6.45) is 1.53. The molecule has 0 unspecified atom stereocenters. The van der Waals surface area contributed by atoms with E-state index in [0.717, 1.165) is 11.8 Å². The highest BCUT2D eigenvalue weighted by molar-refractivity contribution is 7.99. The molecule has 9 heteroatoms. The van der Waals surface area contributed by atoms with Crippen LogP contribution >= 0.6 is 11.8 Å². The van der Waals surface area contributed by atoms with Gasteiger partial charge in [0.05, 0.1) is 31.4 Å². The summed E-state index contributed by atoms with van der Waals surface area (Å²) in [5.41, 5.74) is 0.156. The zero-order chi connectivity index (χ0) is 19.9. The van der Waals surface area contributed by atoms with Crippen LogP contribution in [-0.4, -0.2) is 28.7 Å². The van der Waals surface area contributed by atoms with E-state index >= 15 is 0 Å². The standard InChI is InChI=1S/C19H16N4O4S/c1-26-13-5-2-4-12(8-13)17-15(9-20)18(25)23-19(22-17)28-11-16(24)21-10-14-6-3-7-27-14/h2-8H,10-11H2,1H3,(H,21,24)(H,22,23,25). The van der Waals surface area contributed by atoms with Gasteiger partial charge >= 0.3 is 0 Å². The van der Waals surface area contributed by atoms with E-state index in [2.05, 4.69) is 15.3 Å². The van der Waals surface area contributed by atoms with Gasteiger partial charge in [-0.05, 0) is 24.3 Å². The van der Waals surface area contributed by atoms with Gasteiger partial charge in [0.1, 0.15) is 23.1 Å². The molecule has 2 heterocycles. The number of furan rings is 1. The smallest absolute Gasteiger partial charge is 0.270 e. The van der Waals surface area contributed by atoms with E-state index in [1.165, 1.54) is 13.4 Å². The average Bonchev–Trinajstić information content (AvgIpc) is 3.24. The Hall–Kier alpha value is -3.51. The van der Waals surface area contributed by atoms with Crippen molar-refractivity contribution < 1.29 is 13.9 Å². The molecule has 0 fully saturated rings. The Kier molecular flexibility index (Phi) is 6.14. The molecule has 3 aromatic rings. The lowest BCUT2D eigenvalue weighted by Gasteiger charge is -2.08. The lowest BCUT2D eigenvalue weighted by molar-refractivity contribution is -0.118. The third-order valence-electron chi connectivity index (χ3n) is 3.73. The van der Waals surface area contributed by atoms with Crippen molar-refractivity contribution in [1.29, 1.82) is 5.26 Å². The number of carbonyl (C=O) groups is 1. The molecule has 142 valence electrons. The quantitative estimate of drug-likeness (QED) is 0.464. The normalized spacial score (nSPS) is 10.3. The SMILES string of the molecule is COc1cccc(-c2nc(SCC(=O)NCc3ccco3)[nH]c(=O)c2C#N)c1. The second-order valence-corrected chi connectivity index (χ2v) is 6.55. The minimum Gasteiger partial charge on any atom is -0.497 e. The van der Waals surface area contributed by atoms with E-state index in [1.54, 1.807) is 36.4 Å². The molecule has 28 heavy (non-hydrogen) atoms. The van der Waals surface area contributed by atoms with Crippen LogP contribution in [0.5, 0.6) is 5.75 Å². The Balaban J connectivity index is 1.77. The molecule has 0 spiro atoms. The molecule has 1 amide bonds. The van der Waals surface area contributed by atoms with Crippen LogP contribution < -0.4 is 15.6 Å². The molecule has 0 aliphatic carbocycles. The number of benzene rings is 1. The Labute approximate surface area is 164 Å². The minimum absolute atomic E-state index is 0.0487. The molecule has 0 aliphatic rings. The molecular weight excluding hydrogens is 380 g/mol. The van der Waals surface area contributed by atoms with Crippen LogP contribution in [0.4, 0.5) is 0 Å². The average molecular weight is 396 g/mol. The fraction of sp³-hybridized carbons (Fsp3) is 0.158. The van der Waals surface area contributed by atoms with Crippen LogP contribution in [0.1, 0.15) is 11.3 Å². The number of hydrogen-bond acceptors (Lipinski definition) is 7. The van der Waals surface area contributed by atoms with Crippen molar-refractivity contribution in [2.24, 2.45) is 0 Å². The van der Waals surface area contributed by atoms with Gasteiger partial charge in [0, 0.05) is 5.56 Å². The lowest BCUT2D eigenvalue weighted by atomic mass is 10.1. The molecule has 2 N–H and O–H groups in total. The number of hydrogen-bond donors (Lipinski definition) is 2. The topological polar surface area (TPSA) is 121 Å². The molecule has 1 aromatic carbocycles. The van der Waals surface area contributed by atoms with Gasteiger partial charge < -0.3 is 19.5 Å². The second kappa shape index (κ2) is 8.92. The van der Waals surface area contributed by atoms with E-state index in [0.29, 0.717) is 17.1 Å². The Morgan fingerprint density at radius 3 is 2.96 bits per heavy atom. The summed E-state index contributed by atoms with van der Waals surface area (Å²) in [5.74, 6) is 1.03. The molecule has 0 radical (unpaired) electrons. The van der Waals surface area contributed by atoms with Crippen LogP contribution in [0, 0.1) is 11.3 Å². The molecule has 0 atom stereocenters. The van der Waals surface area contributed by atoms with Crippen LogP contribution in [0.3, 0.4) is 0 Å². The molecule has 0 bridgehead atoms. The van der Waals surface area contributed by atoms with Crippen molar-refractivity contribution in [3.8, 4) is 23.1 Å². The minimum atomic E-state index is -0.561. The molecule has 8 nitrogen and oxygen atoms in total. The summed E-state index contributed by atoms with van der Waals surface area (Å²) in [4.78, 5) is 31.2. The number of carbonyl (C=O) groups excluding carboxylic acids is 1. The summed E-state index contributed by atoms with van der Waals surface area (Å²) < 4.78 is 10.3. The van der Waals surface area contributed by atoms with E-state index in [1.807, 2.05) is 6.07 Å². The Morgan fingerprint density at radius 2 is 2.25 bits per heavy atom. The summed E-state index contributed by atoms with van der Waals surface area (Å²) >= 11 is 1.07. The summed E-state index contributed by atoms with van der Waals surface area (Å²) in [6, 6.07) is 12.3. The highest BCUT2D eigenvalue weighted by Gasteiger charge is 2.15. The predicted molar refractivity (Wildman–Crippen MR) is 103 cm³/mol. The monoisotopic (exact) mass is 396 g/mol. The van der Waals surface area contributed by atoms with E-state index < -0.39 is 5.56 Å². The largest absolute Gasteiger partial charge is 0.497 e. The first-order valence-corrected chi connectivity index (χ1v) is 9.20. The fourth-order valence-electron chi connectivity index (χ4n) is 2.39. The van der Waals surface area contributed by atoms with Crippen LogP contribution in [0.2, 0.25) is 0 Å². The van der Waals surface area contributed by atoms with Crippen molar-refractivity contribution in [3.63, 3.8) is 0 Å². The highest BCUT2D eigenvalue weighted by Crippen LogP contribution is 2.25. The van der Waals surface area contributed by atoms with Crippen molar-refractivity contribution >= 4 is 17.7 Å². The van der Waals surface area contributed by atoms with Crippen molar-refractivity contribution in [3.05, 3.63) is 64.3 Å². The van der Waals surface area contributed by atoms with Gasteiger partial charge in [-0.2, -0.15) is 5.26 Å². The number of nitrogens with one attached hydrogen (secondary N) is 2. The van der Waals surface area contributed by atoms with Gasteiger partial charge in [-0.3, -0.25) is 9.59 Å². The van der Waals surface area contributed by atoms with Crippen LogP contribution in [-0.2, 0) is 11.3 Å². The Morgan fingerprint density at radius 1 is 1.39 bits per heavy atom. The molecule has 3 rings (SSSR count). The number of thioether (sulfide) groups is 1. The number of rotatable bonds is 7. The third-order valence-corrected chi connectivity index (χ3v) is 4.61. The number of methoxy groups -OCH3 is 1. The van der Waals surface area contributed by atoms with E-state index in [-0.39, 0.29) is 34.6 Å². The summed E-state index contributed by atoms with van der Waals surface area (Å²) in [6.45, 7) is 0.277. The number of aromatic amines is 1. The first kappa shape index (κ1) is 19.3. The highest BCUT2D eigenvalue weighted by atomic mass is 32.2. The number of H-pyrrole nitrogens is 1. The molecule has 0 aliphatic heterocycles. The predicted octanol–water partition coefficient (Wildman–Crippen LogP) is 2.32. The fourth-order valence-corrected chi connectivity index (χ4v) is 3.08. The van der Waals surface area contributed by atoms with Crippen molar-refractivity contribution in [2.45, 2.75) is 11.7 Å². The van der Waals surface area contributed by atoms with Crippen LogP contribution in [0.15, 0.2) is 57.0 Å². The summed E-state index contributed by atoms with van der Waals surface area (Å²) in [5, 5.41) is 12.3. The van der Waals surface area contributed by atoms with E-state index in [9.17, 15) is 14.9 Å². The van der Waals surface area contributed by atoms with Gasteiger partial charge in [0.2, 0.25) is 5.91 Å². The molecule has 2 aromatic heterocycles. The number of amides is 1. The maximum absolute atomic E-state index is 12.3. The maximum atomic E-state index is 12.3. The first-order valence-electron chi connectivity index (χ1n) is 8.21. The lowest BCUT2D eigenvalue weighted by Crippen LogP contribution is -2.24. The van der Waals surface area contributed by atoms with Gasteiger partial charge in [0.25, 0.3) is 5.56 Å². The molecule has 0 saturated carbocycles. The van der Waals surface area contributed by atoms with Crippen molar-refractivity contribution in [1.82, 2.24) is 15.3 Å². The third kappa shape index (κ3) is 4.61. The molecular formula is C19H16N4O4S. The number of aromatic nitrogens is 2. The maximum Gasteiger partial charge on any atom is 0.270 e. The van der Waals surface area contributed by atoms with Gasteiger partial charge in [-0.1, -0.05) is 23.9 Å². The number of nitriles is 1. The van der Waals surface area contributed by atoms with Crippen molar-refractivity contribution in [2.75, 3.05) is 12.9 Å².